The van der Waals surface area contributed by atoms with Crippen LogP contribution in [-0.4, -0.2) is 37.1 Å². The van der Waals surface area contributed by atoms with Crippen molar-refractivity contribution in [2.24, 2.45) is 7.05 Å². The highest BCUT2D eigenvalue weighted by molar-refractivity contribution is 5.77. The number of rotatable bonds is 4. The first-order valence-electron chi connectivity index (χ1n) is 7.88. The number of hydrogen-bond donors (Lipinski definition) is 1. The normalized spacial score (nSPS) is 17.7. The number of hydrogen-bond acceptors (Lipinski definition) is 4. The average molecular weight is 315 g/mol. The zero-order valence-corrected chi connectivity index (χ0v) is 13.5. The zero-order chi connectivity index (χ0) is 16.4. The maximum absolute atomic E-state index is 12.6. The van der Waals surface area contributed by atoms with Crippen molar-refractivity contribution in [2.75, 3.05) is 6.54 Å². The molecular formula is C16H21N5O2. The molecule has 1 fully saturated rings. The Hall–Kier alpha value is -2.44. The fraction of sp³-hybridized carbons (Fsp3) is 0.500. The zero-order valence-electron chi connectivity index (χ0n) is 13.5. The Kier molecular flexibility index (Phi) is 4.27. The van der Waals surface area contributed by atoms with Crippen LogP contribution in [0.4, 0.5) is 0 Å². The quantitative estimate of drug-likeness (QED) is 0.916. The Balaban J connectivity index is 1.68. The van der Waals surface area contributed by atoms with Gasteiger partial charge in [0.15, 0.2) is 0 Å². The van der Waals surface area contributed by atoms with Crippen LogP contribution < -0.4 is 5.69 Å². The van der Waals surface area contributed by atoms with E-state index in [1.165, 1.54) is 6.20 Å². The maximum Gasteiger partial charge on any atom is 0.345 e. The minimum atomic E-state index is -0.368. The highest BCUT2D eigenvalue weighted by atomic mass is 16.2. The van der Waals surface area contributed by atoms with Crippen LogP contribution in [-0.2, 0) is 18.3 Å². The molecule has 0 unspecified atom stereocenters. The third-order valence-corrected chi connectivity index (χ3v) is 4.35. The van der Waals surface area contributed by atoms with Crippen molar-refractivity contribution < 1.29 is 4.79 Å². The lowest BCUT2D eigenvalue weighted by Crippen LogP contribution is -2.32. The third kappa shape index (κ3) is 3.33. The van der Waals surface area contributed by atoms with Crippen molar-refractivity contribution in [3.05, 3.63) is 45.9 Å². The van der Waals surface area contributed by atoms with E-state index in [0.717, 1.165) is 36.3 Å². The van der Waals surface area contributed by atoms with Gasteiger partial charge in [0.25, 0.3) is 0 Å². The number of amides is 1. The number of aryl methyl sites for hydroxylation is 3. The van der Waals surface area contributed by atoms with Crippen LogP contribution in [0.5, 0.6) is 0 Å². The number of nitrogens with one attached hydrogen (secondary N) is 1. The van der Waals surface area contributed by atoms with Crippen molar-refractivity contribution >= 4 is 5.91 Å². The molecule has 1 aliphatic heterocycles. The Morgan fingerprint density at radius 1 is 1.48 bits per heavy atom. The van der Waals surface area contributed by atoms with E-state index >= 15 is 0 Å². The topological polar surface area (TPSA) is 83.9 Å². The summed E-state index contributed by atoms with van der Waals surface area (Å²) in [5.41, 5.74) is 2.48. The van der Waals surface area contributed by atoms with Crippen molar-refractivity contribution in [1.29, 1.82) is 0 Å². The summed E-state index contributed by atoms with van der Waals surface area (Å²) in [5.74, 6) is 0.119. The summed E-state index contributed by atoms with van der Waals surface area (Å²) in [5, 5.41) is 4.30. The molecule has 1 atom stereocenters. The molecule has 1 aliphatic rings. The molecule has 7 nitrogen and oxygen atoms in total. The Morgan fingerprint density at radius 2 is 2.30 bits per heavy atom. The molecule has 3 rings (SSSR count). The van der Waals surface area contributed by atoms with Crippen LogP contribution in [0.3, 0.4) is 0 Å². The van der Waals surface area contributed by atoms with Crippen LogP contribution in [0.1, 0.15) is 42.3 Å². The standard InChI is InChI=1S/C16H21N5O2/c1-11-12(10-20(2)19-11)5-6-15(22)21-9-3-4-14(21)13-7-8-17-16(23)18-13/h7-8,10,14H,3-6,9H2,1-2H3,(H,17,18,23)/t14-/m0/s1. The van der Waals surface area contributed by atoms with E-state index in [4.69, 9.17) is 0 Å². The largest absolute Gasteiger partial charge is 0.345 e. The van der Waals surface area contributed by atoms with Crippen LogP contribution in [0.15, 0.2) is 23.3 Å². The lowest BCUT2D eigenvalue weighted by molar-refractivity contribution is -0.132. The predicted molar refractivity (Wildman–Crippen MR) is 84.8 cm³/mol. The Morgan fingerprint density at radius 3 is 3.00 bits per heavy atom. The van der Waals surface area contributed by atoms with Crippen molar-refractivity contribution in [2.45, 2.75) is 38.6 Å². The second kappa shape index (κ2) is 6.36. The summed E-state index contributed by atoms with van der Waals surface area (Å²) in [6, 6.07) is 1.73. The summed E-state index contributed by atoms with van der Waals surface area (Å²) in [6.07, 6.45) is 6.43. The number of H-pyrrole nitrogens is 1. The molecule has 2 aromatic heterocycles. The fourth-order valence-electron chi connectivity index (χ4n) is 3.24. The number of likely N-dealkylation sites (tertiary alicyclic amines) is 1. The molecule has 0 bridgehead atoms. The number of carbonyl (C=O) groups is 1. The van der Waals surface area contributed by atoms with Gasteiger partial charge in [-0.2, -0.15) is 5.10 Å². The maximum atomic E-state index is 12.6. The van der Waals surface area contributed by atoms with Crippen molar-refractivity contribution in [3.8, 4) is 0 Å². The highest BCUT2D eigenvalue weighted by Gasteiger charge is 2.30. The fourth-order valence-corrected chi connectivity index (χ4v) is 3.24. The van der Waals surface area contributed by atoms with E-state index < -0.39 is 0 Å². The van der Waals surface area contributed by atoms with Crippen LogP contribution in [0.2, 0.25) is 0 Å². The van der Waals surface area contributed by atoms with Gasteiger partial charge in [-0.05, 0) is 37.8 Å². The SMILES string of the molecule is Cc1nn(C)cc1CCC(=O)N1CCC[C@H]1c1ccnc(=O)[nH]1. The van der Waals surface area contributed by atoms with Gasteiger partial charge in [0.2, 0.25) is 5.91 Å². The first-order valence-corrected chi connectivity index (χ1v) is 7.88. The number of nitrogens with zero attached hydrogens (tertiary/aromatic N) is 4. The average Bonchev–Trinajstić information content (AvgIpc) is 3.11. The molecule has 7 heteroatoms. The van der Waals surface area contributed by atoms with Gasteiger partial charge in [-0.25, -0.2) is 9.78 Å². The van der Waals surface area contributed by atoms with Crippen molar-refractivity contribution in [3.63, 3.8) is 0 Å². The minimum absolute atomic E-state index is 0.0480. The summed E-state index contributed by atoms with van der Waals surface area (Å²) in [7, 11) is 1.88. The second-order valence-electron chi connectivity index (χ2n) is 5.99. The molecule has 3 heterocycles. The molecule has 23 heavy (non-hydrogen) atoms. The number of aromatic amines is 1. The first-order chi connectivity index (χ1) is 11.0. The Bertz CT molecular complexity index is 764. The van der Waals surface area contributed by atoms with Gasteiger partial charge >= 0.3 is 5.69 Å². The highest BCUT2D eigenvalue weighted by Crippen LogP contribution is 2.30. The second-order valence-corrected chi connectivity index (χ2v) is 5.99. The van der Waals surface area contributed by atoms with E-state index in [-0.39, 0.29) is 17.6 Å². The molecule has 0 aliphatic carbocycles. The number of aromatic nitrogens is 4. The molecule has 1 saturated heterocycles. The molecule has 122 valence electrons. The molecule has 0 aromatic carbocycles. The predicted octanol–water partition coefficient (Wildman–Crippen LogP) is 1.11. The molecule has 2 aromatic rings. The summed E-state index contributed by atoms with van der Waals surface area (Å²) < 4.78 is 1.77. The van der Waals surface area contributed by atoms with Gasteiger partial charge in [0, 0.05) is 38.1 Å². The van der Waals surface area contributed by atoms with Crippen LogP contribution in [0.25, 0.3) is 0 Å². The third-order valence-electron chi connectivity index (χ3n) is 4.35. The van der Waals surface area contributed by atoms with Crippen molar-refractivity contribution in [1.82, 2.24) is 24.6 Å². The molecule has 0 radical (unpaired) electrons. The van der Waals surface area contributed by atoms with Gasteiger partial charge in [-0.15, -0.1) is 0 Å². The summed E-state index contributed by atoms with van der Waals surface area (Å²) >= 11 is 0. The van der Waals surface area contributed by atoms with Gasteiger partial charge < -0.3 is 9.88 Å². The smallest absolute Gasteiger partial charge is 0.334 e. The van der Waals surface area contributed by atoms with Gasteiger partial charge in [0.05, 0.1) is 11.7 Å². The molecule has 0 saturated carbocycles. The summed E-state index contributed by atoms with van der Waals surface area (Å²) in [4.78, 5) is 32.3. The monoisotopic (exact) mass is 315 g/mol. The van der Waals surface area contributed by atoms with Crippen LogP contribution >= 0.6 is 0 Å². The van der Waals surface area contributed by atoms with E-state index in [9.17, 15) is 9.59 Å². The minimum Gasteiger partial charge on any atom is -0.334 e. The lowest BCUT2D eigenvalue weighted by Gasteiger charge is -2.24. The first kappa shape index (κ1) is 15.5. The Labute approximate surface area is 134 Å². The van der Waals surface area contributed by atoms with Gasteiger partial charge in [-0.1, -0.05) is 0 Å². The number of carbonyl (C=O) groups excluding carboxylic acids is 1. The molecule has 0 spiro atoms. The molecule has 1 amide bonds. The lowest BCUT2D eigenvalue weighted by atomic mass is 10.1. The van der Waals surface area contributed by atoms with Gasteiger partial charge in [0.1, 0.15) is 0 Å². The van der Waals surface area contributed by atoms with Crippen LogP contribution in [0, 0.1) is 6.92 Å². The van der Waals surface area contributed by atoms with E-state index in [1.54, 1.807) is 10.7 Å². The summed E-state index contributed by atoms with van der Waals surface area (Å²) in [6.45, 7) is 2.69. The van der Waals surface area contributed by atoms with Gasteiger partial charge in [-0.3, -0.25) is 9.48 Å². The van der Waals surface area contributed by atoms with E-state index in [1.807, 2.05) is 25.1 Å². The van der Waals surface area contributed by atoms with E-state index in [2.05, 4.69) is 15.1 Å². The molecule has 1 N–H and O–H groups in total. The molecular weight excluding hydrogens is 294 g/mol. The van der Waals surface area contributed by atoms with E-state index in [0.29, 0.717) is 12.8 Å².